The molecule has 0 spiro atoms. The van der Waals surface area contributed by atoms with Gasteiger partial charge in [0.1, 0.15) is 0 Å². The van der Waals surface area contributed by atoms with E-state index in [4.69, 9.17) is 0 Å². The summed E-state index contributed by atoms with van der Waals surface area (Å²) in [6.07, 6.45) is 0.498. The zero-order valence-electron chi connectivity index (χ0n) is 13.9. The minimum Gasteiger partial charge on any atom is -0.385 e. The van der Waals surface area contributed by atoms with E-state index in [1.165, 1.54) is 5.69 Å². The van der Waals surface area contributed by atoms with Crippen molar-refractivity contribution in [3.05, 3.63) is 24.3 Å². The van der Waals surface area contributed by atoms with Crippen molar-refractivity contribution in [3.8, 4) is 0 Å². The van der Waals surface area contributed by atoms with Gasteiger partial charge < -0.3 is 20.4 Å². The molecule has 5 heteroatoms. The molecule has 1 saturated heterocycles. The molecule has 0 aromatic heterocycles. The lowest BCUT2D eigenvalue weighted by Crippen LogP contribution is -2.44. The topological polar surface area (TPSA) is 47.6 Å². The van der Waals surface area contributed by atoms with Crippen LogP contribution in [0.15, 0.2) is 24.3 Å². The largest absolute Gasteiger partial charge is 0.385 e. The van der Waals surface area contributed by atoms with Crippen molar-refractivity contribution in [3.63, 3.8) is 0 Å². The van der Waals surface area contributed by atoms with Gasteiger partial charge in [0, 0.05) is 56.6 Å². The minimum absolute atomic E-state index is 0.0940. The lowest BCUT2D eigenvalue weighted by molar-refractivity contribution is -0.121. The van der Waals surface area contributed by atoms with Crippen LogP contribution >= 0.6 is 0 Å². The fraction of sp³-hybridized carbons (Fsp3) is 0.588. The summed E-state index contributed by atoms with van der Waals surface area (Å²) in [6.45, 7) is 9.00. The number of amides is 1. The van der Waals surface area contributed by atoms with Gasteiger partial charge in [-0.1, -0.05) is 0 Å². The van der Waals surface area contributed by atoms with Crippen molar-refractivity contribution < 1.29 is 4.79 Å². The van der Waals surface area contributed by atoms with Crippen LogP contribution in [0.5, 0.6) is 0 Å². The van der Waals surface area contributed by atoms with Gasteiger partial charge in [-0.05, 0) is 45.2 Å². The first kappa shape index (κ1) is 16.6. The third kappa shape index (κ3) is 5.22. The lowest BCUT2D eigenvalue weighted by Gasteiger charge is -2.34. The van der Waals surface area contributed by atoms with Gasteiger partial charge in [0.15, 0.2) is 0 Å². The first-order valence-electron chi connectivity index (χ1n) is 8.11. The zero-order chi connectivity index (χ0) is 15.9. The van der Waals surface area contributed by atoms with Crippen molar-refractivity contribution >= 4 is 17.3 Å². The van der Waals surface area contributed by atoms with Crippen molar-refractivity contribution in [2.75, 3.05) is 50.0 Å². The summed E-state index contributed by atoms with van der Waals surface area (Å²) in [5.41, 5.74) is 2.34. The van der Waals surface area contributed by atoms with E-state index >= 15 is 0 Å². The van der Waals surface area contributed by atoms with Crippen molar-refractivity contribution in [1.82, 2.24) is 10.2 Å². The third-order valence-electron chi connectivity index (χ3n) is 3.87. The summed E-state index contributed by atoms with van der Waals surface area (Å²) in [5.74, 6) is 0.0940. The van der Waals surface area contributed by atoms with Gasteiger partial charge in [-0.2, -0.15) is 0 Å². The van der Waals surface area contributed by atoms with Crippen LogP contribution in [-0.4, -0.2) is 56.6 Å². The number of benzene rings is 1. The second-order valence-electron chi connectivity index (χ2n) is 6.24. The normalized spacial score (nSPS) is 15.9. The van der Waals surface area contributed by atoms with E-state index in [2.05, 4.69) is 51.7 Å². The number of nitrogens with one attached hydrogen (secondary N) is 2. The molecule has 1 heterocycles. The van der Waals surface area contributed by atoms with Gasteiger partial charge in [0.2, 0.25) is 5.91 Å². The van der Waals surface area contributed by atoms with Gasteiger partial charge in [-0.3, -0.25) is 4.79 Å². The molecule has 0 unspecified atom stereocenters. The molecule has 1 amide bonds. The molecule has 2 rings (SSSR count). The predicted octanol–water partition coefficient (Wildman–Crippen LogP) is 1.76. The molecule has 0 saturated carbocycles. The van der Waals surface area contributed by atoms with Gasteiger partial charge in [-0.15, -0.1) is 0 Å². The Hall–Kier alpha value is -1.75. The molecule has 1 aromatic carbocycles. The van der Waals surface area contributed by atoms with E-state index in [9.17, 15) is 4.79 Å². The maximum Gasteiger partial charge on any atom is 0.221 e. The van der Waals surface area contributed by atoms with E-state index < -0.39 is 0 Å². The highest BCUT2D eigenvalue weighted by Gasteiger charge is 2.13. The molecular weight excluding hydrogens is 276 g/mol. The van der Waals surface area contributed by atoms with Crippen LogP contribution in [0, 0.1) is 0 Å². The minimum atomic E-state index is 0.0940. The lowest BCUT2D eigenvalue weighted by atomic mass is 10.2. The fourth-order valence-corrected chi connectivity index (χ4v) is 2.57. The Morgan fingerprint density at radius 1 is 1.14 bits per heavy atom. The number of piperazine rings is 1. The van der Waals surface area contributed by atoms with E-state index in [1.54, 1.807) is 0 Å². The Morgan fingerprint density at radius 3 is 2.36 bits per heavy atom. The molecule has 2 N–H and O–H groups in total. The first-order chi connectivity index (χ1) is 10.5. The van der Waals surface area contributed by atoms with Gasteiger partial charge >= 0.3 is 0 Å². The summed E-state index contributed by atoms with van der Waals surface area (Å²) in [5, 5.41) is 6.19. The number of likely N-dealkylation sites (N-methyl/N-ethyl adjacent to an activating group) is 1. The quantitative estimate of drug-likeness (QED) is 0.841. The molecule has 0 aliphatic carbocycles. The van der Waals surface area contributed by atoms with Gasteiger partial charge in [-0.25, -0.2) is 0 Å². The zero-order valence-corrected chi connectivity index (χ0v) is 13.9. The maximum atomic E-state index is 11.6. The monoisotopic (exact) mass is 304 g/mol. The Kier molecular flexibility index (Phi) is 6.07. The SMILES string of the molecule is CC(C)NC(=O)CCNc1ccc(N2CCN(C)CC2)cc1. The third-order valence-corrected chi connectivity index (χ3v) is 3.87. The van der Waals surface area contributed by atoms with Crippen molar-refractivity contribution in [2.24, 2.45) is 0 Å². The first-order valence-corrected chi connectivity index (χ1v) is 8.11. The van der Waals surface area contributed by atoms with Crippen LogP contribution < -0.4 is 15.5 Å². The molecule has 1 aromatic rings. The standard InChI is InChI=1S/C17H28N4O/c1-14(2)19-17(22)8-9-18-15-4-6-16(7-5-15)21-12-10-20(3)11-13-21/h4-7,14,18H,8-13H2,1-3H3,(H,19,22). The van der Waals surface area contributed by atoms with Crippen molar-refractivity contribution in [1.29, 1.82) is 0 Å². The molecule has 22 heavy (non-hydrogen) atoms. The van der Waals surface area contributed by atoms with Gasteiger partial charge in [0.05, 0.1) is 0 Å². The average Bonchev–Trinajstić information content (AvgIpc) is 2.48. The number of nitrogens with zero attached hydrogens (tertiary/aromatic N) is 2. The summed E-state index contributed by atoms with van der Waals surface area (Å²) in [6, 6.07) is 8.70. The Bertz CT molecular complexity index is 464. The summed E-state index contributed by atoms with van der Waals surface area (Å²) >= 11 is 0. The molecule has 0 atom stereocenters. The highest BCUT2D eigenvalue weighted by Crippen LogP contribution is 2.19. The highest BCUT2D eigenvalue weighted by atomic mass is 16.1. The number of hydrogen-bond donors (Lipinski definition) is 2. The van der Waals surface area contributed by atoms with Crippen LogP contribution in [0.3, 0.4) is 0 Å². The Balaban J connectivity index is 1.76. The predicted molar refractivity (Wildman–Crippen MR) is 92.5 cm³/mol. The van der Waals surface area contributed by atoms with Crippen LogP contribution in [0.4, 0.5) is 11.4 Å². The molecule has 1 fully saturated rings. The van der Waals surface area contributed by atoms with E-state index in [0.29, 0.717) is 13.0 Å². The molecular formula is C17H28N4O. The summed E-state index contributed by atoms with van der Waals surface area (Å²) in [4.78, 5) is 16.3. The van der Waals surface area contributed by atoms with Crippen LogP contribution in [0.25, 0.3) is 0 Å². The number of rotatable bonds is 6. The summed E-state index contributed by atoms with van der Waals surface area (Å²) < 4.78 is 0. The second kappa shape index (κ2) is 8.03. The molecule has 0 bridgehead atoms. The molecule has 0 radical (unpaired) electrons. The molecule has 5 nitrogen and oxygen atoms in total. The number of carbonyl (C=O) groups excluding carboxylic acids is 1. The Labute approximate surface area is 133 Å². The van der Waals surface area contributed by atoms with Crippen LogP contribution in [0.2, 0.25) is 0 Å². The van der Waals surface area contributed by atoms with E-state index in [-0.39, 0.29) is 11.9 Å². The summed E-state index contributed by atoms with van der Waals surface area (Å²) in [7, 11) is 2.17. The Morgan fingerprint density at radius 2 is 1.77 bits per heavy atom. The highest BCUT2D eigenvalue weighted by molar-refractivity contribution is 5.76. The number of hydrogen-bond acceptors (Lipinski definition) is 4. The molecule has 1 aliphatic heterocycles. The molecule has 122 valence electrons. The van der Waals surface area contributed by atoms with Crippen LogP contribution in [-0.2, 0) is 4.79 Å². The van der Waals surface area contributed by atoms with E-state index in [0.717, 1.165) is 31.9 Å². The number of anilines is 2. The maximum absolute atomic E-state index is 11.6. The second-order valence-corrected chi connectivity index (χ2v) is 6.24. The molecule has 1 aliphatic rings. The van der Waals surface area contributed by atoms with Crippen molar-refractivity contribution in [2.45, 2.75) is 26.3 Å². The average molecular weight is 304 g/mol. The number of carbonyl (C=O) groups is 1. The van der Waals surface area contributed by atoms with E-state index in [1.807, 2.05) is 13.8 Å². The smallest absolute Gasteiger partial charge is 0.221 e. The fourth-order valence-electron chi connectivity index (χ4n) is 2.57. The van der Waals surface area contributed by atoms with Gasteiger partial charge in [0.25, 0.3) is 0 Å². The van der Waals surface area contributed by atoms with Crippen LogP contribution in [0.1, 0.15) is 20.3 Å².